The van der Waals surface area contributed by atoms with E-state index in [4.69, 9.17) is 9.52 Å². The van der Waals surface area contributed by atoms with Crippen LogP contribution < -0.4 is 0 Å². The van der Waals surface area contributed by atoms with E-state index in [1.165, 1.54) is 18.2 Å². The molecule has 100 valence electrons. The summed E-state index contributed by atoms with van der Waals surface area (Å²) in [5.74, 6) is -1.35. The Balaban J connectivity index is 2.20. The van der Waals surface area contributed by atoms with E-state index in [2.05, 4.69) is 20.9 Å². The Hall–Kier alpha value is -2.21. The van der Waals surface area contributed by atoms with E-state index in [-0.39, 0.29) is 17.0 Å². The highest BCUT2D eigenvalue weighted by atomic mass is 79.9. The van der Waals surface area contributed by atoms with Gasteiger partial charge >= 0.3 is 5.97 Å². The maximum Gasteiger partial charge on any atom is 0.338 e. The average molecular weight is 336 g/mol. The molecule has 0 radical (unpaired) electrons. The van der Waals surface area contributed by atoms with E-state index in [0.29, 0.717) is 15.6 Å². The molecule has 0 fully saturated rings. The van der Waals surface area contributed by atoms with Crippen LogP contribution in [0.3, 0.4) is 0 Å². The molecule has 0 saturated carbocycles. The van der Waals surface area contributed by atoms with Crippen LogP contribution in [0.5, 0.6) is 0 Å². The molecular formula is C14H7BrFNO3. The van der Waals surface area contributed by atoms with Crippen LogP contribution in [-0.2, 0) is 0 Å². The number of halogens is 2. The van der Waals surface area contributed by atoms with E-state index in [0.717, 1.165) is 0 Å². The van der Waals surface area contributed by atoms with Gasteiger partial charge in [-0.05, 0) is 46.3 Å². The predicted octanol–water partition coefficient (Wildman–Crippen LogP) is 4.09. The predicted molar refractivity (Wildman–Crippen MR) is 74.1 cm³/mol. The Morgan fingerprint density at radius 2 is 2.10 bits per heavy atom. The summed E-state index contributed by atoms with van der Waals surface area (Å²) in [6, 6.07) is 9.08. The fourth-order valence-electron chi connectivity index (χ4n) is 1.87. The lowest BCUT2D eigenvalue weighted by atomic mass is 10.2. The van der Waals surface area contributed by atoms with Crippen molar-refractivity contribution in [2.75, 3.05) is 0 Å². The minimum Gasteiger partial charge on any atom is -0.478 e. The maximum atomic E-state index is 13.5. The van der Waals surface area contributed by atoms with Gasteiger partial charge in [-0.1, -0.05) is 6.07 Å². The lowest BCUT2D eigenvalue weighted by molar-refractivity contribution is 0.0699. The van der Waals surface area contributed by atoms with Crippen molar-refractivity contribution in [3.8, 4) is 11.5 Å². The summed E-state index contributed by atoms with van der Waals surface area (Å²) in [6.45, 7) is 0. The van der Waals surface area contributed by atoms with Crippen molar-refractivity contribution in [3.05, 3.63) is 52.3 Å². The first-order valence-electron chi connectivity index (χ1n) is 5.64. The number of benzene rings is 2. The molecule has 0 aliphatic carbocycles. The lowest BCUT2D eigenvalue weighted by Gasteiger charge is -1.97. The normalized spacial score (nSPS) is 10.9. The Labute approximate surface area is 121 Å². The standard InChI is InChI=1S/C14H7BrFNO3/c15-9-5-4-7(6-10(9)16)13-17-12-8(14(18)19)2-1-3-11(12)20-13/h1-6H,(H,18,19). The van der Waals surface area contributed by atoms with Crippen LogP contribution >= 0.6 is 15.9 Å². The Kier molecular flexibility index (Phi) is 3.02. The third kappa shape index (κ3) is 2.08. The molecule has 0 saturated heterocycles. The van der Waals surface area contributed by atoms with Crippen LogP contribution in [0.25, 0.3) is 22.6 Å². The fraction of sp³-hybridized carbons (Fsp3) is 0. The van der Waals surface area contributed by atoms with Gasteiger partial charge in [-0.3, -0.25) is 0 Å². The summed E-state index contributed by atoms with van der Waals surface area (Å²) in [6.07, 6.45) is 0. The van der Waals surface area contributed by atoms with E-state index in [1.54, 1.807) is 18.2 Å². The Bertz CT molecular complexity index is 828. The largest absolute Gasteiger partial charge is 0.478 e. The Morgan fingerprint density at radius 3 is 2.80 bits per heavy atom. The molecule has 0 aliphatic heterocycles. The number of aromatic nitrogens is 1. The zero-order valence-electron chi connectivity index (χ0n) is 9.93. The average Bonchev–Trinajstić information content (AvgIpc) is 2.85. The molecule has 1 N–H and O–H groups in total. The van der Waals surface area contributed by atoms with E-state index < -0.39 is 11.8 Å². The molecule has 0 unspecified atom stereocenters. The first-order valence-corrected chi connectivity index (χ1v) is 6.44. The molecule has 3 aromatic rings. The van der Waals surface area contributed by atoms with Gasteiger partial charge in [0.15, 0.2) is 5.58 Å². The number of para-hydroxylation sites is 1. The number of nitrogens with zero attached hydrogens (tertiary/aromatic N) is 1. The minimum atomic E-state index is -1.09. The van der Waals surface area contributed by atoms with Gasteiger partial charge in [0.1, 0.15) is 11.3 Å². The summed E-state index contributed by atoms with van der Waals surface area (Å²) < 4.78 is 19.3. The van der Waals surface area contributed by atoms with Crippen LogP contribution in [0.4, 0.5) is 4.39 Å². The molecule has 0 aliphatic rings. The van der Waals surface area contributed by atoms with Crippen LogP contribution in [0, 0.1) is 5.82 Å². The number of fused-ring (bicyclic) bond motifs is 1. The Morgan fingerprint density at radius 1 is 1.30 bits per heavy atom. The van der Waals surface area contributed by atoms with Crippen molar-refractivity contribution in [1.29, 1.82) is 0 Å². The fourth-order valence-corrected chi connectivity index (χ4v) is 2.12. The SMILES string of the molecule is O=C(O)c1cccc2oc(-c3ccc(Br)c(F)c3)nc12. The molecule has 0 atom stereocenters. The second kappa shape index (κ2) is 4.72. The van der Waals surface area contributed by atoms with Crippen LogP contribution in [0.1, 0.15) is 10.4 Å². The molecule has 0 spiro atoms. The molecule has 0 bridgehead atoms. The van der Waals surface area contributed by atoms with Crippen molar-refractivity contribution in [2.24, 2.45) is 0 Å². The molecule has 20 heavy (non-hydrogen) atoms. The molecule has 0 amide bonds. The summed E-state index contributed by atoms with van der Waals surface area (Å²) >= 11 is 3.06. The molecule has 6 heteroatoms. The number of carboxylic acids is 1. The third-order valence-corrected chi connectivity index (χ3v) is 3.46. The first-order chi connectivity index (χ1) is 9.56. The van der Waals surface area contributed by atoms with Gasteiger partial charge in [-0.2, -0.15) is 0 Å². The van der Waals surface area contributed by atoms with Gasteiger partial charge in [-0.15, -0.1) is 0 Å². The molecule has 4 nitrogen and oxygen atoms in total. The molecule has 2 aromatic carbocycles. The van der Waals surface area contributed by atoms with Gasteiger partial charge in [0.05, 0.1) is 10.0 Å². The van der Waals surface area contributed by atoms with E-state index in [9.17, 15) is 9.18 Å². The monoisotopic (exact) mass is 335 g/mol. The topological polar surface area (TPSA) is 63.3 Å². The number of hydrogen-bond acceptors (Lipinski definition) is 3. The highest BCUT2D eigenvalue weighted by Gasteiger charge is 2.15. The summed E-state index contributed by atoms with van der Waals surface area (Å²) in [5.41, 5.74) is 1.09. The lowest BCUT2D eigenvalue weighted by Crippen LogP contribution is -1.96. The van der Waals surface area contributed by atoms with Gasteiger partial charge in [-0.25, -0.2) is 14.2 Å². The summed E-state index contributed by atoms with van der Waals surface area (Å²) in [7, 11) is 0. The van der Waals surface area contributed by atoms with Crippen LogP contribution in [0.15, 0.2) is 45.3 Å². The van der Waals surface area contributed by atoms with Crippen LogP contribution in [-0.4, -0.2) is 16.1 Å². The number of hydrogen-bond donors (Lipinski definition) is 1. The zero-order valence-corrected chi connectivity index (χ0v) is 11.5. The minimum absolute atomic E-state index is 0.0510. The van der Waals surface area contributed by atoms with Gasteiger partial charge in [0.2, 0.25) is 5.89 Å². The van der Waals surface area contributed by atoms with E-state index in [1.807, 2.05) is 0 Å². The summed E-state index contributed by atoms with van der Waals surface area (Å²) in [4.78, 5) is 15.3. The van der Waals surface area contributed by atoms with Gasteiger partial charge in [0, 0.05) is 5.56 Å². The second-order valence-corrected chi connectivity index (χ2v) is 4.96. The van der Waals surface area contributed by atoms with Gasteiger partial charge < -0.3 is 9.52 Å². The number of carbonyl (C=O) groups is 1. The third-order valence-electron chi connectivity index (χ3n) is 2.82. The molecule has 3 rings (SSSR count). The van der Waals surface area contributed by atoms with Crippen LogP contribution in [0.2, 0.25) is 0 Å². The highest BCUT2D eigenvalue weighted by molar-refractivity contribution is 9.10. The quantitative estimate of drug-likeness (QED) is 0.765. The summed E-state index contributed by atoms with van der Waals surface area (Å²) in [5, 5.41) is 9.10. The number of carboxylic acid groups (broad SMARTS) is 1. The van der Waals surface area contributed by atoms with E-state index >= 15 is 0 Å². The number of oxazole rings is 1. The van der Waals surface area contributed by atoms with Crippen molar-refractivity contribution in [3.63, 3.8) is 0 Å². The second-order valence-electron chi connectivity index (χ2n) is 4.11. The molecule has 1 aromatic heterocycles. The van der Waals surface area contributed by atoms with Crippen molar-refractivity contribution >= 4 is 33.0 Å². The highest BCUT2D eigenvalue weighted by Crippen LogP contribution is 2.28. The number of rotatable bonds is 2. The van der Waals surface area contributed by atoms with Crippen molar-refractivity contribution in [1.82, 2.24) is 4.98 Å². The van der Waals surface area contributed by atoms with Crippen molar-refractivity contribution < 1.29 is 18.7 Å². The first kappa shape index (κ1) is 12.8. The smallest absolute Gasteiger partial charge is 0.338 e. The zero-order chi connectivity index (χ0) is 14.3. The molecule has 1 heterocycles. The van der Waals surface area contributed by atoms with Gasteiger partial charge in [0.25, 0.3) is 0 Å². The number of aromatic carboxylic acids is 1. The van der Waals surface area contributed by atoms with Crippen molar-refractivity contribution in [2.45, 2.75) is 0 Å². The maximum absolute atomic E-state index is 13.5. The molecular weight excluding hydrogens is 329 g/mol.